The second-order valence-corrected chi connectivity index (χ2v) is 2.12. The number of allylic oxidation sites excluding steroid dienone is 1. The van der Waals surface area contributed by atoms with E-state index < -0.39 is 5.97 Å². The summed E-state index contributed by atoms with van der Waals surface area (Å²) in [6.07, 6.45) is 1.59. The number of rotatable bonds is 3. The van der Waals surface area contributed by atoms with Crippen molar-refractivity contribution in [3.63, 3.8) is 0 Å². The number of esters is 1. The molecule has 1 aliphatic rings. The summed E-state index contributed by atoms with van der Waals surface area (Å²) < 4.78 is 14.2. The summed E-state index contributed by atoms with van der Waals surface area (Å²) in [6.45, 7) is 0. The molecule has 0 spiro atoms. The highest BCUT2D eigenvalue weighted by molar-refractivity contribution is 5.92. The van der Waals surface area contributed by atoms with Crippen LogP contribution in [0.1, 0.15) is 0 Å². The molecule has 70 valence electrons. The third-order valence-corrected chi connectivity index (χ3v) is 1.45. The zero-order valence-corrected chi connectivity index (χ0v) is 7.20. The molecule has 0 saturated carbocycles. The molecule has 0 amide bonds. The Hall–Kier alpha value is -1.78. The highest BCUT2D eigenvalue weighted by Gasteiger charge is 2.32. The minimum Gasteiger partial charge on any atom is -0.490 e. The van der Waals surface area contributed by atoms with E-state index in [0.29, 0.717) is 6.29 Å². The highest BCUT2D eigenvalue weighted by atomic mass is 16.6. The minimum atomic E-state index is -0.660. The summed E-state index contributed by atoms with van der Waals surface area (Å²) in [5.41, 5.74) is 0. The molecule has 1 heterocycles. The fraction of sp³-hybridized carbons (Fsp3) is 0.250. The highest BCUT2D eigenvalue weighted by Crippen LogP contribution is 2.26. The van der Waals surface area contributed by atoms with Crippen LogP contribution in [0.5, 0.6) is 0 Å². The van der Waals surface area contributed by atoms with Crippen molar-refractivity contribution < 1.29 is 23.8 Å². The van der Waals surface area contributed by atoms with E-state index in [1.165, 1.54) is 14.2 Å². The predicted molar refractivity (Wildman–Crippen MR) is 41.3 cm³/mol. The molecule has 0 fully saturated rings. The molecule has 0 saturated heterocycles. The van der Waals surface area contributed by atoms with Gasteiger partial charge in [0.25, 0.3) is 5.76 Å². The summed E-state index contributed by atoms with van der Waals surface area (Å²) in [6, 6.07) is 0. The Balaban J connectivity index is 3.09. The topological polar surface area (TPSA) is 61.8 Å². The Morgan fingerprint density at radius 1 is 1.23 bits per heavy atom. The average Bonchev–Trinajstić information content (AvgIpc) is 2.41. The van der Waals surface area contributed by atoms with Gasteiger partial charge in [-0.15, -0.1) is 0 Å². The van der Waals surface area contributed by atoms with Gasteiger partial charge in [-0.25, -0.2) is 4.79 Å². The molecule has 1 rings (SSSR count). The van der Waals surface area contributed by atoms with Gasteiger partial charge in [0.15, 0.2) is 5.76 Å². The molecular formula is C8H8O5. The third-order valence-electron chi connectivity index (χ3n) is 1.45. The van der Waals surface area contributed by atoms with Gasteiger partial charge in [-0.1, -0.05) is 0 Å². The number of aldehydes is 1. The Kier molecular flexibility index (Phi) is 2.69. The summed E-state index contributed by atoms with van der Waals surface area (Å²) in [4.78, 5) is 21.2. The molecule has 5 nitrogen and oxygen atoms in total. The van der Waals surface area contributed by atoms with E-state index in [-0.39, 0.29) is 17.3 Å². The molecule has 0 radical (unpaired) electrons. The van der Waals surface area contributed by atoms with Crippen LogP contribution < -0.4 is 0 Å². The number of cyclic esters (lactones) is 1. The van der Waals surface area contributed by atoms with Crippen LogP contribution in [0.3, 0.4) is 0 Å². The molecule has 0 N–H and O–H groups in total. The molecule has 0 aromatic carbocycles. The SMILES string of the molecule is COC1=C(OC)/C(=C\C=O)OC1=O. The number of hydrogen-bond acceptors (Lipinski definition) is 5. The van der Waals surface area contributed by atoms with Gasteiger partial charge in [-0.3, -0.25) is 4.79 Å². The van der Waals surface area contributed by atoms with Crippen molar-refractivity contribution >= 4 is 12.3 Å². The predicted octanol–water partition coefficient (Wildman–Crippen LogP) is 0.130. The van der Waals surface area contributed by atoms with Crippen molar-refractivity contribution in [1.82, 2.24) is 0 Å². The van der Waals surface area contributed by atoms with Crippen LogP contribution in [-0.4, -0.2) is 26.5 Å². The Morgan fingerprint density at radius 3 is 2.31 bits per heavy atom. The Labute approximate surface area is 74.6 Å². The number of methoxy groups -OCH3 is 2. The maximum atomic E-state index is 11.0. The maximum Gasteiger partial charge on any atom is 0.383 e. The molecule has 0 unspecified atom stereocenters. The second-order valence-electron chi connectivity index (χ2n) is 2.12. The fourth-order valence-corrected chi connectivity index (χ4v) is 0.938. The van der Waals surface area contributed by atoms with Crippen LogP contribution in [0.4, 0.5) is 0 Å². The van der Waals surface area contributed by atoms with E-state index in [2.05, 4.69) is 4.74 Å². The lowest BCUT2D eigenvalue weighted by atomic mass is 10.3. The molecule has 0 aromatic rings. The molecule has 1 aliphatic heterocycles. The van der Waals surface area contributed by atoms with E-state index in [0.717, 1.165) is 6.08 Å². The first-order chi connectivity index (χ1) is 6.24. The van der Waals surface area contributed by atoms with Gasteiger partial charge in [-0.2, -0.15) is 0 Å². The third kappa shape index (κ3) is 1.53. The van der Waals surface area contributed by atoms with Gasteiger partial charge < -0.3 is 14.2 Å². The van der Waals surface area contributed by atoms with Gasteiger partial charge >= 0.3 is 5.97 Å². The second kappa shape index (κ2) is 3.75. The Bertz CT molecular complexity index is 300. The Morgan fingerprint density at radius 2 is 1.85 bits per heavy atom. The van der Waals surface area contributed by atoms with E-state index in [1.54, 1.807) is 0 Å². The van der Waals surface area contributed by atoms with Gasteiger partial charge in [0.05, 0.1) is 14.2 Å². The summed E-state index contributed by atoms with van der Waals surface area (Å²) in [5.74, 6) is -0.484. The first-order valence-corrected chi connectivity index (χ1v) is 3.44. The smallest absolute Gasteiger partial charge is 0.383 e. The lowest BCUT2D eigenvalue weighted by Gasteiger charge is -1.99. The zero-order valence-electron chi connectivity index (χ0n) is 7.20. The van der Waals surface area contributed by atoms with Gasteiger partial charge in [-0.05, 0) is 0 Å². The lowest BCUT2D eigenvalue weighted by Crippen LogP contribution is -2.00. The van der Waals surface area contributed by atoms with Crippen LogP contribution >= 0.6 is 0 Å². The van der Waals surface area contributed by atoms with Crippen molar-refractivity contribution in [2.24, 2.45) is 0 Å². The van der Waals surface area contributed by atoms with Gasteiger partial charge in [0.2, 0.25) is 5.76 Å². The number of carbonyl (C=O) groups excluding carboxylic acids is 2. The van der Waals surface area contributed by atoms with E-state index in [4.69, 9.17) is 9.47 Å². The standard InChI is InChI=1S/C8H8O5/c1-11-6-5(3-4-9)13-8(10)7(6)12-2/h3-4H,1-2H3/b5-3+. The van der Waals surface area contributed by atoms with Crippen LogP contribution in [-0.2, 0) is 23.8 Å². The number of carbonyl (C=O) groups is 2. The van der Waals surface area contributed by atoms with Crippen molar-refractivity contribution in [3.8, 4) is 0 Å². The van der Waals surface area contributed by atoms with E-state index in [9.17, 15) is 9.59 Å². The van der Waals surface area contributed by atoms with Crippen LogP contribution in [0.25, 0.3) is 0 Å². The fourth-order valence-electron chi connectivity index (χ4n) is 0.938. The van der Waals surface area contributed by atoms with Crippen LogP contribution in [0.15, 0.2) is 23.4 Å². The van der Waals surface area contributed by atoms with Crippen molar-refractivity contribution in [1.29, 1.82) is 0 Å². The molecule has 5 heteroatoms. The summed E-state index contributed by atoms with van der Waals surface area (Å²) in [5, 5.41) is 0. The average molecular weight is 184 g/mol. The normalized spacial score (nSPS) is 18.9. The largest absolute Gasteiger partial charge is 0.490 e. The zero-order chi connectivity index (χ0) is 9.84. The summed E-state index contributed by atoms with van der Waals surface area (Å²) >= 11 is 0. The number of ether oxygens (including phenoxy) is 3. The van der Waals surface area contributed by atoms with Crippen LogP contribution in [0, 0.1) is 0 Å². The van der Waals surface area contributed by atoms with Crippen LogP contribution in [0.2, 0.25) is 0 Å². The minimum absolute atomic E-state index is 0.0319. The summed E-state index contributed by atoms with van der Waals surface area (Å²) in [7, 11) is 2.68. The van der Waals surface area contributed by atoms with Crippen molar-refractivity contribution in [2.45, 2.75) is 0 Å². The molecule has 13 heavy (non-hydrogen) atoms. The monoisotopic (exact) mass is 184 g/mol. The van der Waals surface area contributed by atoms with Crippen molar-refractivity contribution in [2.75, 3.05) is 14.2 Å². The molecule has 0 atom stereocenters. The van der Waals surface area contributed by atoms with E-state index >= 15 is 0 Å². The number of hydrogen-bond donors (Lipinski definition) is 0. The quantitative estimate of drug-likeness (QED) is 0.354. The van der Waals surface area contributed by atoms with Gasteiger partial charge in [0.1, 0.15) is 6.29 Å². The molecular weight excluding hydrogens is 176 g/mol. The first kappa shape index (κ1) is 9.31. The van der Waals surface area contributed by atoms with Crippen molar-refractivity contribution in [3.05, 3.63) is 23.4 Å². The van der Waals surface area contributed by atoms with Gasteiger partial charge in [0, 0.05) is 6.08 Å². The molecule has 0 aliphatic carbocycles. The lowest BCUT2D eigenvalue weighted by molar-refractivity contribution is -0.136. The van der Waals surface area contributed by atoms with E-state index in [1.807, 2.05) is 0 Å². The maximum absolute atomic E-state index is 11.0. The first-order valence-electron chi connectivity index (χ1n) is 3.44. The molecule has 0 aromatic heterocycles. The molecule has 0 bridgehead atoms.